The van der Waals surface area contributed by atoms with Crippen molar-refractivity contribution in [3.8, 4) is 0 Å². The van der Waals surface area contributed by atoms with E-state index in [1.165, 1.54) is 12.1 Å². The number of aryl methyl sites for hydroxylation is 1. The Hall–Kier alpha value is -1.72. The Morgan fingerprint density at radius 2 is 1.67 bits per heavy atom. The maximum Gasteiger partial charge on any atom is 0.240 e. The zero-order chi connectivity index (χ0) is 15.3. The highest BCUT2D eigenvalue weighted by Gasteiger charge is 2.16. The lowest BCUT2D eigenvalue weighted by Gasteiger charge is -2.11. The van der Waals surface area contributed by atoms with E-state index in [4.69, 9.17) is 0 Å². The fourth-order valence-corrected chi connectivity index (χ4v) is 3.00. The summed E-state index contributed by atoms with van der Waals surface area (Å²) in [5, 5.41) is 0. The van der Waals surface area contributed by atoms with E-state index in [-0.39, 0.29) is 17.9 Å². The number of sulfonamides is 1. The fraction of sp³-hybridized carbons (Fsp3) is 0.250. The van der Waals surface area contributed by atoms with Crippen molar-refractivity contribution in [2.45, 2.75) is 24.4 Å². The van der Waals surface area contributed by atoms with Crippen LogP contribution in [0.15, 0.2) is 59.5 Å². The Labute approximate surface area is 124 Å². The second kappa shape index (κ2) is 6.83. The van der Waals surface area contributed by atoms with E-state index in [0.717, 1.165) is 11.1 Å². The van der Waals surface area contributed by atoms with E-state index in [1.54, 1.807) is 12.1 Å². The van der Waals surface area contributed by atoms with Crippen LogP contribution in [0.1, 0.15) is 11.1 Å². The van der Waals surface area contributed by atoms with Crippen LogP contribution in [-0.2, 0) is 16.4 Å². The van der Waals surface area contributed by atoms with Gasteiger partial charge in [-0.25, -0.2) is 17.5 Å². The van der Waals surface area contributed by atoms with Gasteiger partial charge >= 0.3 is 0 Å². The Bertz CT molecular complexity index is 669. The number of nitrogens with one attached hydrogen (secondary N) is 1. The second-order valence-corrected chi connectivity index (χ2v) is 6.72. The highest BCUT2D eigenvalue weighted by atomic mass is 32.2. The van der Waals surface area contributed by atoms with Crippen LogP contribution in [-0.4, -0.2) is 21.1 Å². The summed E-state index contributed by atoms with van der Waals surface area (Å²) in [6.07, 6.45) is -1.07. The van der Waals surface area contributed by atoms with Crippen molar-refractivity contribution >= 4 is 10.0 Å². The van der Waals surface area contributed by atoms with Gasteiger partial charge in [0.25, 0.3) is 0 Å². The van der Waals surface area contributed by atoms with Gasteiger partial charge in [0.05, 0.1) is 4.90 Å². The summed E-state index contributed by atoms with van der Waals surface area (Å²) in [4.78, 5) is 0.153. The summed E-state index contributed by atoms with van der Waals surface area (Å²) in [6, 6.07) is 15.6. The van der Waals surface area contributed by atoms with E-state index < -0.39 is 16.2 Å². The maximum atomic E-state index is 13.9. The number of hydrogen-bond donors (Lipinski definition) is 1. The molecule has 0 aliphatic carbocycles. The van der Waals surface area contributed by atoms with Gasteiger partial charge in [-0.1, -0.05) is 48.0 Å². The first-order valence-corrected chi connectivity index (χ1v) is 8.20. The zero-order valence-corrected chi connectivity index (χ0v) is 12.6. The molecule has 2 rings (SSSR count). The average Bonchev–Trinajstić information content (AvgIpc) is 2.47. The molecular weight excluding hydrogens is 289 g/mol. The minimum absolute atomic E-state index is 0.153. The molecular formula is C16H18FNO2S. The normalized spacial score (nSPS) is 13.0. The zero-order valence-electron chi connectivity index (χ0n) is 11.8. The van der Waals surface area contributed by atoms with Crippen molar-refractivity contribution in [1.82, 2.24) is 4.72 Å². The predicted molar refractivity (Wildman–Crippen MR) is 81.4 cm³/mol. The molecule has 112 valence electrons. The largest absolute Gasteiger partial charge is 0.246 e. The summed E-state index contributed by atoms with van der Waals surface area (Å²) < 4.78 is 40.2. The van der Waals surface area contributed by atoms with E-state index in [1.807, 2.05) is 37.3 Å². The molecule has 3 nitrogen and oxygen atoms in total. The van der Waals surface area contributed by atoms with Crippen molar-refractivity contribution < 1.29 is 12.8 Å². The van der Waals surface area contributed by atoms with Gasteiger partial charge in [0.15, 0.2) is 0 Å². The summed E-state index contributed by atoms with van der Waals surface area (Å²) in [5.41, 5.74) is 1.82. The lowest BCUT2D eigenvalue weighted by molar-refractivity contribution is 0.331. The molecule has 0 amide bonds. The second-order valence-electron chi connectivity index (χ2n) is 4.95. The van der Waals surface area contributed by atoms with Gasteiger partial charge in [-0.15, -0.1) is 0 Å². The molecule has 2 aromatic rings. The third kappa shape index (κ3) is 4.65. The first-order valence-electron chi connectivity index (χ1n) is 6.72. The minimum Gasteiger partial charge on any atom is -0.246 e. The van der Waals surface area contributed by atoms with Gasteiger partial charge in [0, 0.05) is 13.0 Å². The topological polar surface area (TPSA) is 46.2 Å². The van der Waals surface area contributed by atoms with E-state index in [2.05, 4.69) is 4.72 Å². The smallest absolute Gasteiger partial charge is 0.240 e. The van der Waals surface area contributed by atoms with Gasteiger partial charge < -0.3 is 0 Å². The van der Waals surface area contributed by atoms with Gasteiger partial charge in [-0.3, -0.25) is 0 Å². The first kappa shape index (κ1) is 15.7. The fourth-order valence-electron chi connectivity index (χ4n) is 1.94. The average molecular weight is 307 g/mol. The third-order valence-corrected chi connectivity index (χ3v) is 4.57. The van der Waals surface area contributed by atoms with E-state index >= 15 is 0 Å². The number of hydrogen-bond acceptors (Lipinski definition) is 2. The Morgan fingerprint density at radius 1 is 1.05 bits per heavy atom. The van der Waals surface area contributed by atoms with Crippen LogP contribution in [0.4, 0.5) is 4.39 Å². The van der Waals surface area contributed by atoms with Gasteiger partial charge in [0.2, 0.25) is 10.0 Å². The molecule has 1 N–H and O–H groups in total. The monoisotopic (exact) mass is 307 g/mol. The molecule has 0 spiro atoms. The molecule has 0 fully saturated rings. The number of halogens is 1. The highest BCUT2D eigenvalue weighted by molar-refractivity contribution is 7.89. The molecule has 0 radical (unpaired) electrons. The number of alkyl halides is 1. The molecule has 0 bridgehead atoms. The predicted octanol–water partition coefficient (Wildman–Crippen LogP) is 2.85. The molecule has 0 heterocycles. The van der Waals surface area contributed by atoms with Gasteiger partial charge in [-0.05, 0) is 24.6 Å². The molecule has 0 aromatic heterocycles. The maximum absolute atomic E-state index is 13.9. The molecule has 21 heavy (non-hydrogen) atoms. The van der Waals surface area contributed by atoms with Crippen molar-refractivity contribution in [3.05, 3.63) is 65.7 Å². The van der Waals surface area contributed by atoms with Crippen molar-refractivity contribution in [2.75, 3.05) is 6.54 Å². The van der Waals surface area contributed by atoms with Crippen LogP contribution < -0.4 is 4.72 Å². The molecule has 5 heteroatoms. The lowest BCUT2D eigenvalue weighted by Crippen LogP contribution is -2.31. The van der Waals surface area contributed by atoms with Crippen LogP contribution in [0, 0.1) is 6.92 Å². The summed E-state index contributed by atoms with van der Waals surface area (Å²) in [5.74, 6) is 0. The summed E-state index contributed by atoms with van der Waals surface area (Å²) >= 11 is 0. The van der Waals surface area contributed by atoms with Crippen molar-refractivity contribution in [1.29, 1.82) is 0 Å². The number of benzene rings is 2. The van der Waals surface area contributed by atoms with E-state index in [9.17, 15) is 12.8 Å². The van der Waals surface area contributed by atoms with Crippen LogP contribution in [0.5, 0.6) is 0 Å². The molecule has 0 unspecified atom stereocenters. The number of rotatable bonds is 6. The Balaban J connectivity index is 1.94. The van der Waals surface area contributed by atoms with Crippen molar-refractivity contribution in [3.63, 3.8) is 0 Å². The lowest BCUT2D eigenvalue weighted by atomic mass is 10.1. The summed E-state index contributed by atoms with van der Waals surface area (Å²) in [6.45, 7) is 1.65. The van der Waals surface area contributed by atoms with Crippen LogP contribution in [0.3, 0.4) is 0 Å². The van der Waals surface area contributed by atoms with E-state index in [0.29, 0.717) is 0 Å². The van der Waals surface area contributed by atoms with Gasteiger partial charge in [-0.2, -0.15) is 0 Å². The molecule has 0 aliphatic heterocycles. The molecule has 2 aromatic carbocycles. The quantitative estimate of drug-likeness (QED) is 0.892. The first-order chi connectivity index (χ1) is 9.97. The Kier molecular flexibility index (Phi) is 5.09. The molecule has 1 atom stereocenters. The standard InChI is InChI=1S/C16H18FNO2S/c1-13-7-9-16(10-8-13)21(19,20)18-12-15(17)11-14-5-3-2-4-6-14/h2-10,15,18H,11-12H2,1H3/t15-/m1/s1. The summed E-state index contributed by atoms with van der Waals surface area (Å²) in [7, 11) is -3.65. The Morgan fingerprint density at radius 3 is 2.29 bits per heavy atom. The van der Waals surface area contributed by atoms with Crippen molar-refractivity contribution in [2.24, 2.45) is 0 Å². The SMILES string of the molecule is Cc1ccc(S(=O)(=O)NC[C@H](F)Cc2ccccc2)cc1. The molecule has 0 saturated carbocycles. The minimum atomic E-state index is -3.65. The van der Waals surface area contributed by atoms with Gasteiger partial charge in [0.1, 0.15) is 6.17 Å². The third-order valence-electron chi connectivity index (χ3n) is 3.13. The van der Waals surface area contributed by atoms with Crippen LogP contribution in [0.2, 0.25) is 0 Å². The highest BCUT2D eigenvalue weighted by Crippen LogP contribution is 2.11. The van der Waals surface area contributed by atoms with Crippen LogP contribution >= 0.6 is 0 Å². The molecule has 0 aliphatic rings. The molecule has 0 saturated heterocycles. The van der Waals surface area contributed by atoms with Crippen LogP contribution in [0.25, 0.3) is 0 Å².